The Balaban J connectivity index is 1.64. The van der Waals surface area contributed by atoms with E-state index >= 15 is 0 Å². The van der Waals surface area contributed by atoms with E-state index < -0.39 is 0 Å². The van der Waals surface area contributed by atoms with E-state index in [1.807, 2.05) is 26.0 Å². The van der Waals surface area contributed by atoms with Gasteiger partial charge in [0.2, 0.25) is 0 Å². The average Bonchev–Trinajstić information content (AvgIpc) is 2.84. The fourth-order valence-electron chi connectivity index (χ4n) is 3.43. The Kier molecular flexibility index (Phi) is 7.37. The van der Waals surface area contributed by atoms with Gasteiger partial charge in [-0.2, -0.15) is 9.78 Å². The highest BCUT2D eigenvalue weighted by molar-refractivity contribution is 9.10. The molecule has 0 N–H and O–H groups in total. The Bertz CT molecular complexity index is 1420. The molecule has 0 aliphatic rings. The summed E-state index contributed by atoms with van der Waals surface area (Å²) in [5, 5.41) is 4.90. The minimum atomic E-state index is -0.322. The molecule has 6 nitrogen and oxygen atoms in total. The molecule has 4 rings (SSSR count). The van der Waals surface area contributed by atoms with Gasteiger partial charge < -0.3 is 9.47 Å². The van der Waals surface area contributed by atoms with Crippen molar-refractivity contribution < 1.29 is 13.9 Å². The van der Waals surface area contributed by atoms with Crippen molar-refractivity contribution in [2.45, 2.75) is 26.9 Å². The number of ether oxygens (including phenoxy) is 2. The number of benzene rings is 3. The second-order valence-corrected chi connectivity index (χ2v) is 8.34. The van der Waals surface area contributed by atoms with Crippen molar-refractivity contribution in [3.05, 3.63) is 98.3 Å². The van der Waals surface area contributed by atoms with Gasteiger partial charge in [-0.05, 0) is 55.0 Å². The highest BCUT2D eigenvalue weighted by atomic mass is 79.9. The van der Waals surface area contributed by atoms with Crippen LogP contribution in [0.25, 0.3) is 10.9 Å². The van der Waals surface area contributed by atoms with Gasteiger partial charge in [-0.1, -0.05) is 41.1 Å². The standard InChI is InChI=1S/C26H23BrFN3O3/c1-3-25-30-22-11-10-19(27)14-20(22)26(32)31(25)29-15-17-9-12-23(24(13-17)33-4-2)34-16-18-7-5-6-8-21(18)28/h5-15H,3-4,16H2,1-2H3. The third-order valence-electron chi connectivity index (χ3n) is 5.12. The zero-order valence-electron chi connectivity index (χ0n) is 18.8. The molecule has 0 radical (unpaired) electrons. The molecule has 1 heterocycles. The SMILES string of the molecule is CCOc1cc(C=Nn2c(CC)nc3ccc(Br)cc3c2=O)ccc1OCc1ccccc1F. The maximum absolute atomic E-state index is 13.9. The van der Waals surface area contributed by atoms with E-state index in [0.29, 0.717) is 52.4 Å². The predicted molar refractivity (Wildman–Crippen MR) is 134 cm³/mol. The van der Waals surface area contributed by atoms with Crippen molar-refractivity contribution in [3.8, 4) is 11.5 Å². The molecule has 0 aliphatic heterocycles. The van der Waals surface area contributed by atoms with E-state index in [-0.39, 0.29) is 18.0 Å². The van der Waals surface area contributed by atoms with Crippen molar-refractivity contribution in [2.75, 3.05) is 6.61 Å². The number of fused-ring (bicyclic) bond motifs is 1. The number of aryl methyl sites for hydroxylation is 1. The molecular formula is C26H23BrFN3O3. The fraction of sp³-hybridized carbons (Fsp3) is 0.192. The van der Waals surface area contributed by atoms with Crippen LogP contribution in [0.3, 0.4) is 0 Å². The van der Waals surface area contributed by atoms with Crippen LogP contribution >= 0.6 is 15.9 Å². The average molecular weight is 524 g/mol. The van der Waals surface area contributed by atoms with Crippen molar-refractivity contribution in [1.29, 1.82) is 0 Å². The van der Waals surface area contributed by atoms with Crippen LogP contribution in [0.4, 0.5) is 4.39 Å². The van der Waals surface area contributed by atoms with Crippen LogP contribution in [0, 0.1) is 5.82 Å². The van der Waals surface area contributed by atoms with Gasteiger partial charge in [0, 0.05) is 16.5 Å². The first-order valence-corrected chi connectivity index (χ1v) is 11.7. The lowest BCUT2D eigenvalue weighted by Gasteiger charge is -2.13. The summed E-state index contributed by atoms with van der Waals surface area (Å²) >= 11 is 3.40. The first-order valence-electron chi connectivity index (χ1n) is 10.9. The third kappa shape index (κ3) is 5.17. The van der Waals surface area contributed by atoms with Crippen LogP contribution in [0.15, 0.2) is 75.0 Å². The normalized spacial score (nSPS) is 11.3. The Morgan fingerprint density at radius 2 is 1.88 bits per heavy atom. The Morgan fingerprint density at radius 1 is 1.06 bits per heavy atom. The molecule has 0 amide bonds. The fourth-order valence-corrected chi connectivity index (χ4v) is 3.79. The van der Waals surface area contributed by atoms with Gasteiger partial charge in [0.25, 0.3) is 5.56 Å². The second kappa shape index (κ2) is 10.6. The predicted octanol–water partition coefficient (Wildman–Crippen LogP) is 5.72. The molecule has 0 atom stereocenters. The number of nitrogens with zero attached hydrogens (tertiary/aromatic N) is 3. The third-order valence-corrected chi connectivity index (χ3v) is 5.62. The van der Waals surface area contributed by atoms with Crippen LogP contribution in [-0.4, -0.2) is 22.5 Å². The maximum Gasteiger partial charge on any atom is 0.282 e. The first-order chi connectivity index (χ1) is 16.5. The highest BCUT2D eigenvalue weighted by Crippen LogP contribution is 2.29. The minimum Gasteiger partial charge on any atom is -0.490 e. The lowest BCUT2D eigenvalue weighted by atomic mass is 10.2. The van der Waals surface area contributed by atoms with Gasteiger partial charge in [0.05, 0.1) is 23.7 Å². The summed E-state index contributed by atoms with van der Waals surface area (Å²) in [6.45, 7) is 4.30. The van der Waals surface area contributed by atoms with Gasteiger partial charge in [-0.25, -0.2) is 9.37 Å². The summed E-state index contributed by atoms with van der Waals surface area (Å²) in [4.78, 5) is 17.6. The zero-order valence-corrected chi connectivity index (χ0v) is 20.4. The van der Waals surface area contributed by atoms with Gasteiger partial charge >= 0.3 is 0 Å². The lowest BCUT2D eigenvalue weighted by Crippen LogP contribution is -2.22. The Hall–Kier alpha value is -3.52. The van der Waals surface area contributed by atoms with Crippen molar-refractivity contribution >= 4 is 33.0 Å². The summed E-state index contributed by atoms with van der Waals surface area (Å²) in [5.74, 6) is 1.24. The molecule has 4 aromatic rings. The zero-order chi connectivity index (χ0) is 24.1. The monoisotopic (exact) mass is 523 g/mol. The van der Waals surface area contributed by atoms with Crippen molar-refractivity contribution in [3.63, 3.8) is 0 Å². The lowest BCUT2D eigenvalue weighted by molar-refractivity contribution is 0.266. The van der Waals surface area contributed by atoms with Crippen LogP contribution in [-0.2, 0) is 13.0 Å². The Labute approximate surface area is 204 Å². The molecule has 0 saturated carbocycles. The largest absolute Gasteiger partial charge is 0.490 e. The molecule has 0 aliphatic carbocycles. The molecule has 3 aromatic carbocycles. The molecular weight excluding hydrogens is 501 g/mol. The molecule has 8 heteroatoms. The highest BCUT2D eigenvalue weighted by Gasteiger charge is 2.11. The van der Waals surface area contributed by atoms with Crippen molar-refractivity contribution in [2.24, 2.45) is 5.10 Å². The number of hydrogen-bond donors (Lipinski definition) is 0. The summed E-state index contributed by atoms with van der Waals surface area (Å²) in [7, 11) is 0. The van der Waals surface area contributed by atoms with E-state index in [1.165, 1.54) is 10.7 Å². The molecule has 34 heavy (non-hydrogen) atoms. The van der Waals surface area contributed by atoms with Gasteiger partial charge in [-0.15, -0.1) is 0 Å². The summed E-state index contributed by atoms with van der Waals surface area (Å²) in [5.41, 5.74) is 1.56. The van der Waals surface area contributed by atoms with Crippen LogP contribution < -0.4 is 15.0 Å². The number of aromatic nitrogens is 2. The van der Waals surface area contributed by atoms with Crippen LogP contribution in [0.1, 0.15) is 30.8 Å². The van der Waals surface area contributed by atoms with Gasteiger partial charge in [-0.3, -0.25) is 4.79 Å². The molecule has 0 unspecified atom stereocenters. The topological polar surface area (TPSA) is 65.7 Å². The summed E-state index contributed by atoms with van der Waals surface area (Å²) < 4.78 is 27.6. The quantitative estimate of drug-likeness (QED) is 0.277. The van der Waals surface area contributed by atoms with E-state index in [0.717, 1.165) is 4.47 Å². The minimum absolute atomic E-state index is 0.0771. The number of rotatable bonds is 8. The molecule has 0 saturated heterocycles. The van der Waals surface area contributed by atoms with Gasteiger partial charge in [0.15, 0.2) is 11.5 Å². The first kappa shape index (κ1) is 23.6. The molecule has 174 valence electrons. The molecule has 0 fully saturated rings. The number of hydrogen-bond acceptors (Lipinski definition) is 5. The van der Waals surface area contributed by atoms with E-state index in [9.17, 15) is 9.18 Å². The van der Waals surface area contributed by atoms with Crippen molar-refractivity contribution in [1.82, 2.24) is 9.66 Å². The van der Waals surface area contributed by atoms with Crippen LogP contribution in [0.5, 0.6) is 11.5 Å². The molecule has 0 bridgehead atoms. The van der Waals surface area contributed by atoms with E-state index in [4.69, 9.17) is 9.47 Å². The molecule has 0 spiro atoms. The smallest absolute Gasteiger partial charge is 0.282 e. The number of halogens is 2. The summed E-state index contributed by atoms with van der Waals surface area (Å²) in [6, 6.07) is 17.2. The summed E-state index contributed by atoms with van der Waals surface area (Å²) in [6.07, 6.45) is 2.13. The van der Waals surface area contributed by atoms with Crippen LogP contribution in [0.2, 0.25) is 0 Å². The molecule has 1 aromatic heterocycles. The van der Waals surface area contributed by atoms with E-state index in [1.54, 1.807) is 48.7 Å². The van der Waals surface area contributed by atoms with E-state index in [2.05, 4.69) is 26.0 Å². The Morgan fingerprint density at radius 3 is 2.65 bits per heavy atom. The van der Waals surface area contributed by atoms with Gasteiger partial charge in [0.1, 0.15) is 18.2 Å². The maximum atomic E-state index is 13.9. The second-order valence-electron chi connectivity index (χ2n) is 7.42.